The average Bonchev–Trinajstić information content (AvgIpc) is 3.46. The highest BCUT2D eigenvalue weighted by atomic mass is 35.5. The molecule has 15 nitrogen and oxygen atoms in total. The first-order valence-electron chi connectivity index (χ1n) is 17.6. The SMILES string of the molecule is CCc1cccc(C)c1N(C(=O)CCl)C(C)COC.COC(=O)CSc1cc(/N=c2\sc(=O)n3n2CCCC3)c(F)cc1Cl.C[S+](C)C.O=C(O)CNCP(=O)([O-])O. The Bertz CT molecular complexity index is 1970. The number of ether oxygens (including phenoxy) is 2. The van der Waals surface area contributed by atoms with Gasteiger partial charge in [0.2, 0.25) is 10.7 Å². The first-order chi connectivity index (χ1) is 27.2. The second-order valence-electron chi connectivity index (χ2n) is 12.8. The molecule has 22 heteroatoms. The van der Waals surface area contributed by atoms with Crippen LogP contribution < -0.4 is 24.8 Å². The van der Waals surface area contributed by atoms with Crippen molar-refractivity contribution in [2.45, 2.75) is 64.1 Å². The van der Waals surface area contributed by atoms with Crippen molar-refractivity contribution in [3.8, 4) is 0 Å². The Morgan fingerprint density at radius 3 is 2.34 bits per heavy atom. The number of halogens is 3. The number of alkyl halides is 1. The molecule has 3 aromatic rings. The van der Waals surface area contributed by atoms with Gasteiger partial charge in [0.05, 0.1) is 67.8 Å². The van der Waals surface area contributed by atoms with Gasteiger partial charge in [0.25, 0.3) is 0 Å². The van der Waals surface area contributed by atoms with Crippen LogP contribution >= 0.6 is 53.9 Å². The van der Waals surface area contributed by atoms with E-state index in [1.807, 2.05) is 31.3 Å². The smallest absolute Gasteiger partial charge is 0.325 e. The second kappa shape index (κ2) is 27.2. The van der Waals surface area contributed by atoms with E-state index < -0.39 is 38.2 Å². The summed E-state index contributed by atoms with van der Waals surface area (Å²) in [6.45, 7) is 7.41. The van der Waals surface area contributed by atoms with E-state index in [2.05, 4.69) is 41.5 Å². The van der Waals surface area contributed by atoms with E-state index in [1.54, 1.807) is 21.4 Å². The van der Waals surface area contributed by atoms with Crippen LogP contribution in [0.4, 0.5) is 15.8 Å². The third kappa shape index (κ3) is 19.1. The molecule has 3 N–H and O–H groups in total. The fourth-order valence-electron chi connectivity index (χ4n) is 5.06. The number of carboxylic acids is 1. The molecule has 58 heavy (non-hydrogen) atoms. The maximum Gasteiger partial charge on any atom is 0.325 e. The summed E-state index contributed by atoms with van der Waals surface area (Å²) in [7, 11) is -0.773. The molecule has 2 unspecified atom stereocenters. The van der Waals surface area contributed by atoms with Gasteiger partial charge in [0.15, 0.2) is 0 Å². The molecular weight excluding hydrogens is 880 g/mol. The number of carboxylic acid groups (broad SMARTS) is 1. The summed E-state index contributed by atoms with van der Waals surface area (Å²) in [6.07, 6.45) is 8.65. The zero-order valence-corrected chi connectivity index (χ0v) is 38.6. The minimum Gasteiger partial charge on any atom is -0.778 e. The summed E-state index contributed by atoms with van der Waals surface area (Å²) < 4.78 is 37.4. The fraction of sp³-hybridized carbons (Fsp3) is 0.528. The van der Waals surface area contributed by atoms with Gasteiger partial charge in [-0.1, -0.05) is 36.7 Å². The number of thioether (sulfide) groups is 1. The van der Waals surface area contributed by atoms with E-state index in [9.17, 15) is 33.0 Å². The van der Waals surface area contributed by atoms with Crippen molar-refractivity contribution in [1.82, 2.24) is 14.7 Å². The largest absolute Gasteiger partial charge is 0.778 e. The minimum atomic E-state index is -4.35. The van der Waals surface area contributed by atoms with Crippen molar-refractivity contribution in [3.63, 3.8) is 0 Å². The van der Waals surface area contributed by atoms with E-state index >= 15 is 0 Å². The highest BCUT2D eigenvalue weighted by Crippen LogP contribution is 2.33. The Hall–Kier alpha value is -2.71. The van der Waals surface area contributed by atoms with Crippen molar-refractivity contribution in [3.05, 3.63) is 66.8 Å². The number of carbonyl (C=O) groups excluding carboxylic acids is 2. The molecule has 1 aromatic heterocycles. The monoisotopic (exact) mass is 931 g/mol. The van der Waals surface area contributed by atoms with E-state index in [0.29, 0.717) is 40.3 Å². The summed E-state index contributed by atoms with van der Waals surface area (Å²) in [5.74, 6) is -2.21. The standard InChI is InChI=1S/C15H15ClFN3O3S2.C15H22ClNO2.C3H8NO5P.C3H9S/c1-23-13(21)8-24-12-7-11(10(17)6-9(12)16)18-14-19-4-2-3-5-20(19)15(22)25-14;1-5-13-8-6-7-11(2)15(13)17(14(18)9-16)12(3)10-19-4;5-3(6)1-4-2-10(7,8)9;1-4(2)3/h6-7H,2-5,8H2,1H3;6-8,12H,5,9-10H2,1-4H3;4H,1-2H2,(H,5,6)(H2,7,8,9);1-3H3/q;;;+1/p-1/b18-14-;;;. The van der Waals surface area contributed by atoms with E-state index in [-0.39, 0.29) is 39.2 Å². The average molecular weight is 933 g/mol. The summed E-state index contributed by atoms with van der Waals surface area (Å²) in [4.78, 5) is 70.2. The Balaban J connectivity index is 0.000000449. The normalized spacial score (nSPS) is 13.7. The van der Waals surface area contributed by atoms with Crippen LogP contribution in [-0.4, -0.2) is 107 Å². The minimum absolute atomic E-state index is 0.0223. The predicted molar refractivity (Wildman–Crippen MR) is 231 cm³/mol. The Labute approximate surface area is 359 Å². The quantitative estimate of drug-likeness (QED) is 0.0667. The van der Waals surface area contributed by atoms with Gasteiger partial charge in [-0.2, -0.15) is 0 Å². The number of hydrogen-bond acceptors (Lipinski definition) is 12. The van der Waals surface area contributed by atoms with Gasteiger partial charge in [-0.25, -0.2) is 14.1 Å². The van der Waals surface area contributed by atoms with Gasteiger partial charge < -0.3 is 33.8 Å². The number of para-hydroxylation sites is 1. The molecular formula is C36H53Cl2FN5O10PS3. The van der Waals surface area contributed by atoms with Gasteiger partial charge in [-0.3, -0.25) is 29.2 Å². The molecule has 0 saturated carbocycles. The second-order valence-corrected chi connectivity index (χ2v) is 19.4. The maximum atomic E-state index is 14.3. The zero-order valence-electron chi connectivity index (χ0n) is 33.8. The Kier molecular flexibility index (Phi) is 25.0. The molecule has 0 saturated heterocycles. The number of aryl methyl sites for hydroxylation is 2. The van der Waals surface area contributed by atoms with E-state index in [4.69, 9.17) is 37.9 Å². The number of rotatable bonds is 14. The fourth-order valence-corrected chi connectivity index (χ4v) is 7.57. The van der Waals surface area contributed by atoms with Gasteiger partial charge in [-0.15, -0.1) is 23.4 Å². The number of esters is 1. The predicted octanol–water partition coefficient (Wildman–Crippen LogP) is 4.62. The molecule has 1 aliphatic rings. The molecule has 2 aromatic carbocycles. The van der Waals surface area contributed by atoms with Crippen LogP contribution in [0.2, 0.25) is 5.02 Å². The van der Waals surface area contributed by atoms with E-state index in [1.165, 1.54) is 13.2 Å². The number of hydrogen-bond donors (Lipinski definition) is 3. The van der Waals surface area contributed by atoms with E-state index in [0.717, 1.165) is 65.2 Å². The van der Waals surface area contributed by atoms with Gasteiger partial charge in [-0.05, 0) is 78.6 Å². The lowest BCUT2D eigenvalue weighted by Gasteiger charge is -2.31. The molecule has 0 fully saturated rings. The van der Waals surface area contributed by atoms with Crippen LogP contribution in [0.5, 0.6) is 0 Å². The lowest BCUT2D eigenvalue weighted by molar-refractivity contribution is -0.193. The number of amides is 1. The topological polar surface area (TPSA) is 205 Å². The third-order valence-corrected chi connectivity index (χ3v) is 10.6. The number of nitrogens with zero attached hydrogens (tertiary/aromatic N) is 4. The van der Waals surface area contributed by atoms with Crippen molar-refractivity contribution >= 4 is 94.0 Å². The van der Waals surface area contributed by atoms with Gasteiger partial charge >= 0.3 is 16.8 Å². The molecule has 1 amide bonds. The summed E-state index contributed by atoms with van der Waals surface area (Å²) >= 11 is 13.9. The third-order valence-electron chi connectivity index (χ3n) is 7.44. The summed E-state index contributed by atoms with van der Waals surface area (Å²) in [6, 6.07) is 8.69. The van der Waals surface area contributed by atoms with Crippen LogP contribution in [0.3, 0.4) is 0 Å². The lowest BCUT2D eigenvalue weighted by Crippen LogP contribution is -2.43. The number of carbonyl (C=O) groups is 3. The molecule has 0 bridgehead atoms. The number of aromatic nitrogens is 2. The number of nitrogens with one attached hydrogen (secondary N) is 1. The first-order valence-corrected chi connectivity index (χ1v) is 24.6. The highest BCUT2D eigenvalue weighted by Gasteiger charge is 2.24. The number of fused-ring (bicyclic) bond motifs is 1. The molecule has 1 aliphatic heterocycles. The molecule has 0 radical (unpaired) electrons. The van der Waals surface area contributed by atoms with Crippen molar-refractivity contribution < 1.29 is 47.7 Å². The van der Waals surface area contributed by atoms with Crippen LogP contribution in [0.25, 0.3) is 0 Å². The number of methoxy groups -OCH3 is 2. The molecule has 326 valence electrons. The number of anilines is 1. The molecule has 0 aliphatic carbocycles. The zero-order chi connectivity index (χ0) is 44.2. The van der Waals surface area contributed by atoms with Gasteiger partial charge in [0.1, 0.15) is 25.0 Å². The van der Waals surface area contributed by atoms with Crippen LogP contribution in [0.1, 0.15) is 37.8 Å². The molecule has 2 atom stereocenters. The van der Waals surface area contributed by atoms with Crippen molar-refractivity contribution in [2.24, 2.45) is 4.99 Å². The molecule has 2 heterocycles. The molecule has 4 rings (SSSR count). The number of benzene rings is 2. The summed E-state index contributed by atoms with van der Waals surface area (Å²) in [5, 5.41) is 10.2. The Morgan fingerprint density at radius 2 is 1.81 bits per heavy atom. The van der Waals surface area contributed by atoms with Crippen molar-refractivity contribution in [2.75, 3.05) is 69.0 Å². The number of aliphatic carboxylic acids is 1. The first kappa shape index (κ1) is 53.3. The van der Waals surface area contributed by atoms with Crippen LogP contribution in [0.15, 0.2) is 45.0 Å². The van der Waals surface area contributed by atoms with Gasteiger partial charge in [0, 0.05) is 25.1 Å². The highest BCUT2D eigenvalue weighted by molar-refractivity contribution is 8.00. The molecule has 0 spiro atoms. The van der Waals surface area contributed by atoms with Crippen LogP contribution in [-0.2, 0) is 58.8 Å². The van der Waals surface area contributed by atoms with Crippen LogP contribution in [0, 0.1) is 12.7 Å². The lowest BCUT2D eigenvalue weighted by atomic mass is 10.0. The Morgan fingerprint density at radius 1 is 1.19 bits per heavy atom. The summed E-state index contributed by atoms with van der Waals surface area (Å²) in [5.41, 5.74) is 3.29. The van der Waals surface area contributed by atoms with Crippen molar-refractivity contribution in [1.29, 1.82) is 0 Å². The maximum absolute atomic E-state index is 14.3.